The monoisotopic (exact) mass is 245 g/mol. The molecule has 92 valence electrons. The van der Waals surface area contributed by atoms with E-state index in [1.807, 2.05) is 24.3 Å². The quantitative estimate of drug-likeness (QED) is 0.801. The predicted octanol–water partition coefficient (Wildman–Crippen LogP) is 3.98. The van der Waals surface area contributed by atoms with Gasteiger partial charge in [0.05, 0.1) is 6.04 Å². The van der Waals surface area contributed by atoms with Crippen LogP contribution < -0.4 is 5.32 Å². The molecule has 3 heteroatoms. The highest BCUT2D eigenvalue weighted by Crippen LogP contribution is 2.36. The van der Waals surface area contributed by atoms with E-state index >= 15 is 0 Å². The van der Waals surface area contributed by atoms with Gasteiger partial charge in [-0.05, 0) is 36.6 Å². The van der Waals surface area contributed by atoms with Gasteiger partial charge in [-0.25, -0.2) is 8.78 Å². The Kier molecular flexibility index (Phi) is 2.54. The minimum Gasteiger partial charge on any atom is -0.377 e. The number of aryl methyl sites for hydroxylation is 1. The van der Waals surface area contributed by atoms with Gasteiger partial charge < -0.3 is 5.32 Å². The Morgan fingerprint density at radius 1 is 1.11 bits per heavy atom. The molecule has 1 aliphatic heterocycles. The lowest BCUT2D eigenvalue weighted by molar-refractivity contribution is 0.534. The standard InChI is InChI=1S/C15H13F2N/c1-9-6-7-11(16)14(15(9)17)13-8-10-4-2-3-5-12(10)18-13/h2-7,13,18H,8H2,1H3. The van der Waals surface area contributed by atoms with Gasteiger partial charge in [0.15, 0.2) is 0 Å². The third-order valence-electron chi connectivity index (χ3n) is 3.44. The molecule has 0 aromatic heterocycles. The van der Waals surface area contributed by atoms with Crippen LogP contribution in [0.5, 0.6) is 0 Å². The second kappa shape index (κ2) is 4.09. The third-order valence-corrected chi connectivity index (χ3v) is 3.44. The van der Waals surface area contributed by atoms with Gasteiger partial charge in [-0.2, -0.15) is 0 Å². The van der Waals surface area contributed by atoms with Crippen LogP contribution >= 0.6 is 0 Å². The number of hydrogen-bond acceptors (Lipinski definition) is 1. The molecule has 0 aliphatic carbocycles. The Labute approximate surface area is 104 Å². The maximum atomic E-state index is 14.1. The Hall–Kier alpha value is -1.90. The number of hydrogen-bond donors (Lipinski definition) is 1. The van der Waals surface area contributed by atoms with Crippen molar-refractivity contribution >= 4 is 5.69 Å². The molecule has 18 heavy (non-hydrogen) atoms. The maximum absolute atomic E-state index is 14.1. The van der Waals surface area contributed by atoms with Crippen LogP contribution in [0.1, 0.15) is 22.7 Å². The lowest BCUT2D eigenvalue weighted by Gasteiger charge is -2.15. The average molecular weight is 245 g/mol. The Balaban J connectivity index is 2.02. The summed E-state index contributed by atoms with van der Waals surface area (Å²) in [6, 6.07) is 10.2. The summed E-state index contributed by atoms with van der Waals surface area (Å²) in [6.07, 6.45) is 0.619. The SMILES string of the molecule is Cc1ccc(F)c(C2Cc3ccccc3N2)c1F. The number of anilines is 1. The highest BCUT2D eigenvalue weighted by Gasteiger charge is 2.27. The van der Waals surface area contributed by atoms with Crippen molar-refractivity contribution in [1.29, 1.82) is 0 Å². The summed E-state index contributed by atoms with van der Waals surface area (Å²) in [4.78, 5) is 0. The topological polar surface area (TPSA) is 12.0 Å². The number of fused-ring (bicyclic) bond motifs is 1. The van der Waals surface area contributed by atoms with Gasteiger partial charge in [0.1, 0.15) is 11.6 Å². The number of rotatable bonds is 1. The molecule has 0 amide bonds. The second-order valence-corrected chi connectivity index (χ2v) is 4.65. The first kappa shape index (κ1) is 11.2. The van der Waals surface area contributed by atoms with Crippen LogP contribution in [0.25, 0.3) is 0 Å². The number of halogens is 2. The van der Waals surface area contributed by atoms with E-state index < -0.39 is 11.6 Å². The summed E-state index contributed by atoms with van der Waals surface area (Å²) >= 11 is 0. The van der Waals surface area contributed by atoms with Crippen LogP contribution in [-0.2, 0) is 6.42 Å². The minimum absolute atomic E-state index is 0.145. The summed E-state index contributed by atoms with van der Waals surface area (Å²) in [5.74, 6) is -0.927. The summed E-state index contributed by atoms with van der Waals surface area (Å²) < 4.78 is 27.9. The lowest BCUT2D eigenvalue weighted by atomic mass is 9.99. The summed E-state index contributed by atoms with van der Waals surface area (Å²) in [6.45, 7) is 1.65. The molecule has 1 unspecified atom stereocenters. The van der Waals surface area contributed by atoms with Crippen LogP contribution in [0.2, 0.25) is 0 Å². The number of para-hydroxylation sites is 1. The van der Waals surface area contributed by atoms with Gasteiger partial charge in [0.25, 0.3) is 0 Å². The average Bonchev–Trinajstić information content (AvgIpc) is 2.77. The van der Waals surface area contributed by atoms with Crippen molar-refractivity contribution in [3.05, 3.63) is 64.7 Å². The van der Waals surface area contributed by atoms with Gasteiger partial charge in [-0.3, -0.25) is 0 Å². The third kappa shape index (κ3) is 1.67. The van der Waals surface area contributed by atoms with Gasteiger partial charge >= 0.3 is 0 Å². The largest absolute Gasteiger partial charge is 0.377 e. The molecule has 0 spiro atoms. The molecule has 0 fully saturated rings. The van der Waals surface area contributed by atoms with E-state index in [0.29, 0.717) is 12.0 Å². The maximum Gasteiger partial charge on any atom is 0.134 e. The van der Waals surface area contributed by atoms with Crippen molar-refractivity contribution in [3.63, 3.8) is 0 Å². The summed E-state index contributed by atoms with van der Waals surface area (Å²) in [7, 11) is 0. The first-order chi connectivity index (χ1) is 8.66. The molecule has 0 bridgehead atoms. The predicted molar refractivity (Wildman–Crippen MR) is 67.6 cm³/mol. The van der Waals surface area contributed by atoms with Crippen molar-refractivity contribution < 1.29 is 8.78 Å². The minimum atomic E-state index is -0.483. The van der Waals surface area contributed by atoms with Crippen LogP contribution in [0.15, 0.2) is 36.4 Å². The van der Waals surface area contributed by atoms with Crippen LogP contribution in [0.4, 0.5) is 14.5 Å². The van der Waals surface area contributed by atoms with Gasteiger partial charge in [0, 0.05) is 11.3 Å². The first-order valence-electron chi connectivity index (χ1n) is 5.96. The molecule has 1 N–H and O–H groups in total. The van der Waals surface area contributed by atoms with E-state index in [2.05, 4.69) is 5.32 Å². The van der Waals surface area contributed by atoms with E-state index in [0.717, 1.165) is 11.3 Å². The molecule has 1 aliphatic rings. The fourth-order valence-corrected chi connectivity index (χ4v) is 2.47. The van der Waals surface area contributed by atoms with Crippen molar-refractivity contribution in [3.8, 4) is 0 Å². The number of benzene rings is 2. The molecule has 0 saturated carbocycles. The fourth-order valence-electron chi connectivity index (χ4n) is 2.47. The van der Waals surface area contributed by atoms with E-state index in [1.165, 1.54) is 12.1 Å². The normalized spacial score (nSPS) is 17.4. The zero-order valence-corrected chi connectivity index (χ0v) is 10.0. The molecule has 3 rings (SSSR count). The van der Waals surface area contributed by atoms with Gasteiger partial charge in [0.2, 0.25) is 0 Å². The second-order valence-electron chi connectivity index (χ2n) is 4.65. The van der Waals surface area contributed by atoms with E-state index in [9.17, 15) is 8.78 Å². The molecular formula is C15H13F2N. The first-order valence-corrected chi connectivity index (χ1v) is 5.96. The van der Waals surface area contributed by atoms with Crippen molar-refractivity contribution in [2.24, 2.45) is 0 Å². The summed E-state index contributed by atoms with van der Waals surface area (Å²) in [5, 5.41) is 3.18. The van der Waals surface area contributed by atoms with Crippen molar-refractivity contribution in [2.75, 3.05) is 5.32 Å². The van der Waals surface area contributed by atoms with E-state index in [-0.39, 0.29) is 11.6 Å². The van der Waals surface area contributed by atoms with Gasteiger partial charge in [-0.1, -0.05) is 24.3 Å². The molecular weight excluding hydrogens is 232 g/mol. The molecule has 2 aromatic carbocycles. The molecule has 1 nitrogen and oxygen atoms in total. The van der Waals surface area contributed by atoms with Crippen LogP contribution in [0.3, 0.4) is 0 Å². The van der Waals surface area contributed by atoms with E-state index in [1.54, 1.807) is 6.92 Å². The zero-order valence-electron chi connectivity index (χ0n) is 10.0. The molecule has 0 radical (unpaired) electrons. The molecule has 2 aromatic rings. The summed E-state index contributed by atoms with van der Waals surface area (Å²) in [5.41, 5.74) is 2.68. The molecule has 1 heterocycles. The Bertz CT molecular complexity index is 582. The fraction of sp³-hybridized carbons (Fsp3) is 0.200. The van der Waals surface area contributed by atoms with Crippen LogP contribution in [0, 0.1) is 18.6 Å². The lowest BCUT2D eigenvalue weighted by Crippen LogP contribution is -2.11. The zero-order chi connectivity index (χ0) is 12.7. The van der Waals surface area contributed by atoms with Crippen molar-refractivity contribution in [2.45, 2.75) is 19.4 Å². The molecule has 0 saturated heterocycles. The Morgan fingerprint density at radius 3 is 2.67 bits per heavy atom. The number of nitrogens with one attached hydrogen (secondary N) is 1. The van der Waals surface area contributed by atoms with Crippen molar-refractivity contribution in [1.82, 2.24) is 0 Å². The highest BCUT2D eigenvalue weighted by atomic mass is 19.1. The highest BCUT2D eigenvalue weighted by molar-refractivity contribution is 5.58. The van der Waals surface area contributed by atoms with Crippen LogP contribution in [-0.4, -0.2) is 0 Å². The smallest absolute Gasteiger partial charge is 0.134 e. The molecule has 1 atom stereocenters. The van der Waals surface area contributed by atoms with E-state index in [4.69, 9.17) is 0 Å². The Morgan fingerprint density at radius 2 is 1.89 bits per heavy atom. The van der Waals surface area contributed by atoms with Gasteiger partial charge in [-0.15, -0.1) is 0 Å².